The number of rotatable bonds is 4. The lowest BCUT2D eigenvalue weighted by Crippen LogP contribution is -2.12. The molecule has 1 atom stereocenters. The van der Waals surface area contributed by atoms with E-state index in [1.54, 1.807) is 26.5 Å². The predicted octanol–water partition coefficient (Wildman–Crippen LogP) is 1.60. The maximum absolute atomic E-state index is 6.10. The van der Waals surface area contributed by atoms with Crippen LogP contribution in [0, 0.1) is 0 Å². The lowest BCUT2D eigenvalue weighted by atomic mass is 10.0. The SMILES string of the molecule is COc1cc(OC)cc(C(N)c2cnsn2)c1. The summed E-state index contributed by atoms with van der Waals surface area (Å²) < 4.78 is 18.5. The molecule has 0 spiro atoms. The van der Waals surface area contributed by atoms with Crippen molar-refractivity contribution in [3.05, 3.63) is 35.7 Å². The van der Waals surface area contributed by atoms with E-state index in [1.165, 1.54) is 0 Å². The van der Waals surface area contributed by atoms with Crippen LogP contribution in [0.5, 0.6) is 11.5 Å². The number of nitrogens with zero attached hydrogens (tertiary/aromatic N) is 2. The largest absolute Gasteiger partial charge is 0.497 e. The third-order valence-corrected chi connectivity index (χ3v) is 2.92. The second-order valence-electron chi connectivity index (χ2n) is 3.46. The molecule has 6 heteroatoms. The van der Waals surface area contributed by atoms with Gasteiger partial charge in [-0.2, -0.15) is 8.75 Å². The Hall–Kier alpha value is -1.66. The first-order chi connectivity index (χ1) is 8.24. The number of aromatic nitrogens is 2. The van der Waals surface area contributed by atoms with Crippen molar-refractivity contribution in [1.82, 2.24) is 8.75 Å². The summed E-state index contributed by atoms with van der Waals surface area (Å²) in [6.07, 6.45) is 1.67. The van der Waals surface area contributed by atoms with Gasteiger partial charge in [0.1, 0.15) is 11.5 Å². The van der Waals surface area contributed by atoms with Crippen LogP contribution >= 0.6 is 11.7 Å². The van der Waals surface area contributed by atoms with Gasteiger partial charge >= 0.3 is 0 Å². The van der Waals surface area contributed by atoms with Crippen molar-refractivity contribution >= 4 is 11.7 Å². The molecule has 0 radical (unpaired) electrons. The average molecular weight is 251 g/mol. The van der Waals surface area contributed by atoms with Gasteiger partial charge in [0.25, 0.3) is 0 Å². The fourth-order valence-electron chi connectivity index (χ4n) is 1.49. The lowest BCUT2D eigenvalue weighted by molar-refractivity contribution is 0.393. The molecule has 1 aromatic carbocycles. The van der Waals surface area contributed by atoms with Crippen LogP contribution in [0.2, 0.25) is 0 Å². The second-order valence-corrected chi connectivity index (χ2v) is 4.01. The minimum atomic E-state index is -0.322. The van der Waals surface area contributed by atoms with E-state index >= 15 is 0 Å². The minimum Gasteiger partial charge on any atom is -0.497 e. The maximum atomic E-state index is 6.10. The van der Waals surface area contributed by atoms with Crippen LogP contribution in [-0.2, 0) is 0 Å². The van der Waals surface area contributed by atoms with Gasteiger partial charge in [0.05, 0.1) is 43.9 Å². The quantitative estimate of drug-likeness (QED) is 0.893. The van der Waals surface area contributed by atoms with Crippen molar-refractivity contribution in [2.24, 2.45) is 5.73 Å². The zero-order valence-corrected chi connectivity index (χ0v) is 10.4. The van der Waals surface area contributed by atoms with Crippen molar-refractivity contribution in [2.45, 2.75) is 6.04 Å². The maximum Gasteiger partial charge on any atom is 0.122 e. The van der Waals surface area contributed by atoms with E-state index in [0.29, 0.717) is 11.5 Å². The molecule has 90 valence electrons. The van der Waals surface area contributed by atoms with E-state index in [2.05, 4.69) is 8.75 Å². The third kappa shape index (κ3) is 2.54. The monoisotopic (exact) mass is 251 g/mol. The van der Waals surface area contributed by atoms with Gasteiger partial charge in [-0.1, -0.05) is 0 Å². The van der Waals surface area contributed by atoms with E-state index in [-0.39, 0.29) is 6.04 Å². The molecule has 0 amide bonds. The van der Waals surface area contributed by atoms with Gasteiger partial charge in [-0.25, -0.2) is 0 Å². The molecule has 0 aliphatic carbocycles. The Labute approximate surface area is 104 Å². The van der Waals surface area contributed by atoms with Gasteiger partial charge in [0, 0.05) is 6.07 Å². The fraction of sp³-hybridized carbons (Fsp3) is 0.273. The molecular weight excluding hydrogens is 238 g/mol. The first kappa shape index (κ1) is 11.8. The third-order valence-electron chi connectivity index (χ3n) is 2.43. The topological polar surface area (TPSA) is 70.3 Å². The Morgan fingerprint density at radius 2 is 1.82 bits per heavy atom. The number of hydrogen-bond donors (Lipinski definition) is 1. The molecule has 2 N–H and O–H groups in total. The van der Waals surface area contributed by atoms with E-state index in [1.807, 2.05) is 12.1 Å². The summed E-state index contributed by atoms with van der Waals surface area (Å²) in [4.78, 5) is 0. The van der Waals surface area contributed by atoms with Crippen LogP contribution in [0.4, 0.5) is 0 Å². The number of nitrogens with two attached hydrogens (primary N) is 1. The molecule has 2 rings (SSSR count). The Kier molecular flexibility index (Phi) is 3.55. The minimum absolute atomic E-state index is 0.322. The molecule has 0 fully saturated rings. The highest BCUT2D eigenvalue weighted by atomic mass is 32.1. The predicted molar refractivity (Wildman–Crippen MR) is 65.5 cm³/mol. The summed E-state index contributed by atoms with van der Waals surface area (Å²) in [5.41, 5.74) is 7.73. The molecular formula is C11H13N3O2S. The summed E-state index contributed by atoms with van der Waals surface area (Å²) >= 11 is 1.14. The molecule has 0 saturated carbocycles. The van der Waals surface area contributed by atoms with Crippen LogP contribution < -0.4 is 15.2 Å². The summed E-state index contributed by atoms with van der Waals surface area (Å²) in [5, 5.41) is 0. The van der Waals surface area contributed by atoms with E-state index in [0.717, 1.165) is 23.0 Å². The molecule has 0 saturated heterocycles. The molecule has 0 bridgehead atoms. The molecule has 5 nitrogen and oxygen atoms in total. The van der Waals surface area contributed by atoms with Crippen LogP contribution in [0.3, 0.4) is 0 Å². The number of benzene rings is 1. The summed E-state index contributed by atoms with van der Waals surface area (Å²) in [5.74, 6) is 1.41. The fourth-order valence-corrected chi connectivity index (χ4v) is 1.95. The Bertz CT molecular complexity index is 465. The molecule has 2 aromatic rings. The van der Waals surface area contributed by atoms with Gasteiger partial charge in [-0.3, -0.25) is 0 Å². The highest BCUT2D eigenvalue weighted by molar-refractivity contribution is 6.99. The molecule has 1 aromatic heterocycles. The number of hydrogen-bond acceptors (Lipinski definition) is 6. The Morgan fingerprint density at radius 3 is 2.29 bits per heavy atom. The lowest BCUT2D eigenvalue weighted by Gasteiger charge is -2.12. The second kappa shape index (κ2) is 5.11. The van der Waals surface area contributed by atoms with Crippen molar-refractivity contribution in [3.63, 3.8) is 0 Å². The number of ether oxygens (including phenoxy) is 2. The highest BCUT2D eigenvalue weighted by Crippen LogP contribution is 2.27. The van der Waals surface area contributed by atoms with Crippen LogP contribution in [0.25, 0.3) is 0 Å². The Balaban J connectivity index is 2.37. The van der Waals surface area contributed by atoms with E-state index in [4.69, 9.17) is 15.2 Å². The average Bonchev–Trinajstić information content (AvgIpc) is 2.91. The Morgan fingerprint density at radius 1 is 1.18 bits per heavy atom. The first-order valence-electron chi connectivity index (χ1n) is 5.00. The summed E-state index contributed by atoms with van der Waals surface area (Å²) in [6.45, 7) is 0. The van der Waals surface area contributed by atoms with Gasteiger partial charge in [-0.05, 0) is 17.7 Å². The summed E-state index contributed by atoms with van der Waals surface area (Å²) in [6, 6.07) is 5.21. The van der Waals surface area contributed by atoms with Crippen molar-refractivity contribution in [3.8, 4) is 11.5 Å². The van der Waals surface area contributed by atoms with Gasteiger partial charge in [0.15, 0.2) is 0 Å². The van der Waals surface area contributed by atoms with Gasteiger partial charge in [0.2, 0.25) is 0 Å². The van der Waals surface area contributed by atoms with Crippen molar-refractivity contribution in [1.29, 1.82) is 0 Å². The molecule has 0 aliphatic rings. The summed E-state index contributed by atoms with van der Waals surface area (Å²) in [7, 11) is 3.21. The molecule has 17 heavy (non-hydrogen) atoms. The van der Waals surface area contributed by atoms with Crippen molar-refractivity contribution in [2.75, 3.05) is 14.2 Å². The zero-order valence-electron chi connectivity index (χ0n) is 9.58. The van der Waals surface area contributed by atoms with E-state index in [9.17, 15) is 0 Å². The smallest absolute Gasteiger partial charge is 0.122 e. The molecule has 0 aliphatic heterocycles. The number of methoxy groups -OCH3 is 2. The van der Waals surface area contributed by atoms with Crippen molar-refractivity contribution < 1.29 is 9.47 Å². The van der Waals surface area contributed by atoms with Crippen LogP contribution in [0.15, 0.2) is 24.4 Å². The standard InChI is InChI=1S/C11H13N3O2S/c1-15-8-3-7(4-9(5-8)16-2)11(12)10-6-13-17-14-10/h3-6,11H,12H2,1-2H3. The zero-order chi connectivity index (χ0) is 12.3. The van der Waals surface area contributed by atoms with Gasteiger partial charge < -0.3 is 15.2 Å². The van der Waals surface area contributed by atoms with Crippen LogP contribution in [-0.4, -0.2) is 23.0 Å². The van der Waals surface area contributed by atoms with Gasteiger partial charge in [-0.15, -0.1) is 0 Å². The first-order valence-corrected chi connectivity index (χ1v) is 5.73. The van der Waals surface area contributed by atoms with E-state index < -0.39 is 0 Å². The molecule has 1 heterocycles. The normalized spacial score (nSPS) is 12.2. The highest BCUT2D eigenvalue weighted by Gasteiger charge is 2.14. The van der Waals surface area contributed by atoms with Crippen LogP contribution in [0.1, 0.15) is 17.3 Å². The molecule has 1 unspecified atom stereocenters.